The van der Waals surface area contributed by atoms with E-state index in [1.807, 2.05) is 36.4 Å². The Morgan fingerprint density at radius 2 is 2.03 bits per heavy atom. The first-order valence-corrected chi connectivity index (χ1v) is 12.6. The van der Waals surface area contributed by atoms with Gasteiger partial charge in [-0.15, -0.1) is 0 Å². The number of rotatable bonds is 11. The zero-order chi connectivity index (χ0) is 24.0. The highest BCUT2D eigenvalue weighted by Crippen LogP contribution is 2.53. The summed E-state index contributed by atoms with van der Waals surface area (Å²) in [6, 6.07) is 7.95. The van der Waals surface area contributed by atoms with Crippen molar-refractivity contribution in [2.24, 2.45) is 11.3 Å². The van der Waals surface area contributed by atoms with Crippen molar-refractivity contribution < 1.29 is 19.8 Å². The molecule has 3 rings (SSSR count). The molecule has 2 saturated carbocycles. The molecule has 0 radical (unpaired) electrons. The molecule has 2 aliphatic rings. The van der Waals surface area contributed by atoms with Gasteiger partial charge in [0, 0.05) is 44.2 Å². The molecule has 4 atom stereocenters. The molecule has 0 saturated heterocycles. The molecule has 1 aromatic rings. The fraction of sp³-hybridized carbons (Fsp3) is 0.643. The lowest BCUT2D eigenvalue weighted by Crippen LogP contribution is -2.36. The molecular weight excluding hydrogens is 414 g/mol. The quantitative estimate of drug-likeness (QED) is 0.366. The summed E-state index contributed by atoms with van der Waals surface area (Å²) >= 11 is 0. The number of ketones is 1. The van der Waals surface area contributed by atoms with E-state index in [1.165, 1.54) is 6.42 Å². The second kappa shape index (κ2) is 11.4. The lowest BCUT2D eigenvalue weighted by molar-refractivity contribution is -0.128. The van der Waals surface area contributed by atoms with Gasteiger partial charge in [-0.3, -0.25) is 9.59 Å². The first-order valence-electron chi connectivity index (χ1n) is 12.6. The molecule has 0 aliphatic heterocycles. The average Bonchev–Trinajstić information content (AvgIpc) is 3.05. The van der Waals surface area contributed by atoms with Crippen molar-refractivity contribution in [1.29, 1.82) is 0 Å². The van der Waals surface area contributed by atoms with Gasteiger partial charge in [0.15, 0.2) is 0 Å². The summed E-state index contributed by atoms with van der Waals surface area (Å²) < 4.78 is 0. The maximum absolute atomic E-state index is 12.7. The minimum absolute atomic E-state index is 0.0202. The van der Waals surface area contributed by atoms with Crippen molar-refractivity contribution in [1.82, 2.24) is 4.90 Å². The molecule has 2 N–H and O–H groups in total. The van der Waals surface area contributed by atoms with Gasteiger partial charge in [0.1, 0.15) is 5.78 Å². The molecule has 5 nitrogen and oxygen atoms in total. The second-order valence-electron chi connectivity index (χ2n) is 10.3. The Kier molecular flexibility index (Phi) is 8.88. The van der Waals surface area contributed by atoms with Crippen LogP contribution in [-0.4, -0.2) is 47.0 Å². The summed E-state index contributed by atoms with van der Waals surface area (Å²) in [5.74, 6) is -0.261. The predicted octanol–water partition coefficient (Wildman–Crippen LogP) is 4.93. The van der Waals surface area contributed by atoms with Crippen LogP contribution in [0.3, 0.4) is 0 Å². The zero-order valence-electron chi connectivity index (χ0n) is 20.5. The van der Waals surface area contributed by atoms with E-state index in [2.05, 4.69) is 6.92 Å². The summed E-state index contributed by atoms with van der Waals surface area (Å²) in [4.78, 5) is 26.0. The minimum atomic E-state index is -0.686. The number of carbonyl (C=O) groups excluding carboxylic acids is 2. The van der Waals surface area contributed by atoms with Gasteiger partial charge in [0.2, 0.25) is 5.91 Å². The fourth-order valence-electron chi connectivity index (χ4n) is 5.72. The maximum Gasteiger partial charge on any atom is 0.222 e. The lowest BCUT2D eigenvalue weighted by Gasteiger charge is -2.46. The van der Waals surface area contributed by atoms with Gasteiger partial charge in [0.05, 0.1) is 12.2 Å². The normalized spacial score (nSPS) is 25.2. The molecule has 1 aromatic carbocycles. The number of amides is 1. The number of benzene rings is 1. The van der Waals surface area contributed by atoms with Crippen LogP contribution in [0.25, 0.3) is 0 Å². The molecule has 1 amide bonds. The zero-order valence-corrected chi connectivity index (χ0v) is 20.5. The molecule has 2 fully saturated rings. The molecule has 1 unspecified atom stereocenters. The first-order chi connectivity index (χ1) is 15.8. The molecular formula is C28H41NO4. The van der Waals surface area contributed by atoms with E-state index in [0.29, 0.717) is 12.8 Å². The molecule has 0 aromatic heterocycles. The Morgan fingerprint density at radius 1 is 1.27 bits per heavy atom. The summed E-state index contributed by atoms with van der Waals surface area (Å²) in [7, 11) is 3.53. The number of aliphatic hydroxyl groups is 2. The number of unbranched alkanes of at least 4 members (excludes halogenated alkanes) is 1. The van der Waals surface area contributed by atoms with Gasteiger partial charge in [-0.1, -0.05) is 56.2 Å². The summed E-state index contributed by atoms with van der Waals surface area (Å²) in [6.45, 7) is 2.17. The molecule has 182 valence electrons. The summed E-state index contributed by atoms with van der Waals surface area (Å²) in [5.41, 5.74) is 1.84. The Morgan fingerprint density at radius 3 is 2.67 bits per heavy atom. The third kappa shape index (κ3) is 5.93. The van der Waals surface area contributed by atoms with Crippen LogP contribution in [0.4, 0.5) is 0 Å². The summed E-state index contributed by atoms with van der Waals surface area (Å²) in [6.07, 6.45) is 11.2. The average molecular weight is 456 g/mol. The van der Waals surface area contributed by atoms with E-state index < -0.39 is 12.2 Å². The van der Waals surface area contributed by atoms with E-state index >= 15 is 0 Å². The van der Waals surface area contributed by atoms with Gasteiger partial charge >= 0.3 is 0 Å². The van der Waals surface area contributed by atoms with E-state index in [0.717, 1.165) is 49.7 Å². The smallest absolute Gasteiger partial charge is 0.222 e. The monoisotopic (exact) mass is 455 g/mol. The van der Waals surface area contributed by atoms with E-state index in [-0.39, 0.29) is 35.4 Å². The van der Waals surface area contributed by atoms with Gasteiger partial charge in [-0.25, -0.2) is 0 Å². The Balaban J connectivity index is 1.67. The van der Waals surface area contributed by atoms with Crippen LogP contribution in [0.5, 0.6) is 0 Å². The number of carbonyl (C=O) groups is 2. The van der Waals surface area contributed by atoms with E-state index in [9.17, 15) is 19.8 Å². The van der Waals surface area contributed by atoms with Crippen molar-refractivity contribution in [3.05, 3.63) is 47.5 Å². The van der Waals surface area contributed by atoms with Crippen LogP contribution < -0.4 is 0 Å². The largest absolute Gasteiger partial charge is 0.392 e. The molecule has 0 spiro atoms. The second-order valence-corrected chi connectivity index (χ2v) is 10.3. The highest BCUT2D eigenvalue weighted by Gasteiger charge is 2.44. The third-order valence-electron chi connectivity index (χ3n) is 7.78. The van der Waals surface area contributed by atoms with Crippen molar-refractivity contribution in [3.8, 4) is 0 Å². The molecule has 33 heavy (non-hydrogen) atoms. The lowest BCUT2D eigenvalue weighted by atomic mass is 9.61. The fourth-order valence-corrected chi connectivity index (χ4v) is 5.72. The van der Waals surface area contributed by atoms with Crippen LogP contribution in [0.15, 0.2) is 36.4 Å². The third-order valence-corrected chi connectivity index (χ3v) is 7.78. The van der Waals surface area contributed by atoms with Crippen LogP contribution in [-0.2, 0) is 9.59 Å². The van der Waals surface area contributed by atoms with Crippen molar-refractivity contribution in [3.63, 3.8) is 0 Å². The standard InChI is InChI=1S/C28H41NO4/c1-4-15-28(16-10-17-28)27(33)21-12-9-11-20(18-21)26-22(23(30)19-24(26)31)13-7-5-6-8-14-25(32)29(2)3/h5,7,9,11-12,18,22,24,26-27,31,33H,4,6,8,10,13-17,19H2,1-3H3/b7-5-/t22-,24+,26+,27?/m0/s1. The number of aliphatic hydroxyl groups excluding tert-OH is 2. The van der Waals surface area contributed by atoms with Gasteiger partial charge < -0.3 is 15.1 Å². The number of Topliss-reactive ketones (excluding diaryl/α,β-unsaturated/α-hetero) is 1. The van der Waals surface area contributed by atoms with Gasteiger partial charge in [0.25, 0.3) is 0 Å². The predicted molar refractivity (Wildman–Crippen MR) is 131 cm³/mol. The Labute approximate surface area is 198 Å². The number of hydrogen-bond acceptors (Lipinski definition) is 4. The van der Waals surface area contributed by atoms with Crippen molar-refractivity contribution >= 4 is 11.7 Å². The van der Waals surface area contributed by atoms with E-state index in [1.54, 1.807) is 19.0 Å². The van der Waals surface area contributed by atoms with Gasteiger partial charge in [-0.2, -0.15) is 0 Å². The van der Waals surface area contributed by atoms with Crippen molar-refractivity contribution in [2.45, 2.75) is 89.3 Å². The topological polar surface area (TPSA) is 77.8 Å². The Bertz CT molecular complexity index is 842. The van der Waals surface area contributed by atoms with Crippen LogP contribution in [0, 0.1) is 11.3 Å². The van der Waals surface area contributed by atoms with Crippen LogP contribution in [0.2, 0.25) is 0 Å². The van der Waals surface area contributed by atoms with Crippen LogP contribution in [0.1, 0.15) is 94.3 Å². The number of allylic oxidation sites excluding steroid dienone is 2. The highest BCUT2D eigenvalue weighted by atomic mass is 16.3. The molecule has 0 heterocycles. The van der Waals surface area contributed by atoms with E-state index in [4.69, 9.17) is 0 Å². The maximum atomic E-state index is 12.7. The Hall–Kier alpha value is -1.98. The first kappa shape index (κ1) is 25.6. The SMILES string of the molecule is CCCC1(C(O)c2cccc([C@H]3[C@H](O)CC(=O)[C@@H]3C/C=C\CCCC(=O)N(C)C)c2)CCC1. The highest BCUT2D eigenvalue weighted by molar-refractivity contribution is 5.85. The molecule has 5 heteroatoms. The summed E-state index contributed by atoms with van der Waals surface area (Å²) in [5, 5.41) is 21.9. The minimum Gasteiger partial charge on any atom is -0.392 e. The number of nitrogens with zero attached hydrogens (tertiary/aromatic N) is 1. The van der Waals surface area contributed by atoms with Gasteiger partial charge in [-0.05, 0) is 49.7 Å². The molecule has 0 bridgehead atoms. The van der Waals surface area contributed by atoms with Crippen molar-refractivity contribution in [2.75, 3.05) is 14.1 Å². The molecule has 2 aliphatic carbocycles. The number of hydrogen-bond donors (Lipinski definition) is 2. The van der Waals surface area contributed by atoms with Crippen LogP contribution >= 0.6 is 0 Å².